The molecular weight excluding hydrogens is 289 g/mol. The third-order valence-electron chi connectivity index (χ3n) is 3.50. The maximum atomic E-state index is 13.1. The SMILES string of the molecule is CCCC1CN(c2ccc(Cl)cc2C(F)(F)F)CCN1. The summed E-state index contributed by atoms with van der Waals surface area (Å²) >= 11 is 5.71. The van der Waals surface area contributed by atoms with Gasteiger partial charge < -0.3 is 10.2 Å². The highest BCUT2D eigenvalue weighted by Crippen LogP contribution is 2.38. The standard InChI is InChI=1S/C14H18ClF3N2/c1-2-3-11-9-20(7-6-19-11)13-5-4-10(15)8-12(13)14(16,17)18/h4-5,8,11,19H,2-3,6-7,9H2,1H3. The van der Waals surface area contributed by atoms with E-state index in [-0.39, 0.29) is 16.8 Å². The molecule has 1 unspecified atom stereocenters. The van der Waals surface area contributed by atoms with Gasteiger partial charge in [-0.25, -0.2) is 0 Å². The molecule has 1 aromatic carbocycles. The number of benzene rings is 1. The van der Waals surface area contributed by atoms with E-state index in [1.54, 1.807) is 4.90 Å². The Balaban J connectivity index is 2.27. The highest BCUT2D eigenvalue weighted by Gasteiger charge is 2.36. The van der Waals surface area contributed by atoms with Crippen LogP contribution in [0.15, 0.2) is 18.2 Å². The van der Waals surface area contributed by atoms with E-state index in [2.05, 4.69) is 12.2 Å². The van der Waals surface area contributed by atoms with Crippen LogP contribution in [0.1, 0.15) is 25.3 Å². The molecule has 0 radical (unpaired) electrons. The number of nitrogens with one attached hydrogen (secondary N) is 1. The summed E-state index contributed by atoms with van der Waals surface area (Å²) in [6.07, 6.45) is -2.41. The van der Waals surface area contributed by atoms with Crippen LogP contribution in [-0.4, -0.2) is 25.7 Å². The summed E-state index contributed by atoms with van der Waals surface area (Å²) in [6, 6.07) is 4.24. The Kier molecular flexibility index (Phi) is 4.81. The van der Waals surface area contributed by atoms with Crippen molar-refractivity contribution in [3.8, 4) is 0 Å². The number of nitrogens with zero attached hydrogens (tertiary/aromatic N) is 1. The van der Waals surface area contributed by atoms with Gasteiger partial charge in [-0.05, 0) is 24.6 Å². The van der Waals surface area contributed by atoms with Gasteiger partial charge in [0.15, 0.2) is 0 Å². The molecule has 0 aromatic heterocycles. The predicted octanol–water partition coefficient (Wildman–Crippen LogP) is 3.94. The first-order chi connectivity index (χ1) is 9.41. The van der Waals surface area contributed by atoms with E-state index in [9.17, 15) is 13.2 Å². The van der Waals surface area contributed by atoms with Crippen LogP contribution in [0.2, 0.25) is 5.02 Å². The molecule has 1 N–H and O–H groups in total. The number of anilines is 1. The number of alkyl halides is 3. The van der Waals surface area contributed by atoms with Crippen molar-refractivity contribution >= 4 is 17.3 Å². The molecule has 0 spiro atoms. The molecule has 20 heavy (non-hydrogen) atoms. The van der Waals surface area contributed by atoms with Gasteiger partial charge in [-0.2, -0.15) is 13.2 Å². The smallest absolute Gasteiger partial charge is 0.368 e. The first-order valence-corrected chi connectivity index (χ1v) is 7.14. The highest BCUT2D eigenvalue weighted by molar-refractivity contribution is 6.30. The first kappa shape index (κ1) is 15.4. The normalized spacial score (nSPS) is 20.2. The summed E-state index contributed by atoms with van der Waals surface area (Å²) in [7, 11) is 0. The summed E-state index contributed by atoms with van der Waals surface area (Å²) in [5.74, 6) is 0. The quantitative estimate of drug-likeness (QED) is 0.910. The van der Waals surface area contributed by atoms with Crippen LogP contribution in [0.25, 0.3) is 0 Å². The van der Waals surface area contributed by atoms with Gasteiger partial charge >= 0.3 is 6.18 Å². The first-order valence-electron chi connectivity index (χ1n) is 6.77. The molecule has 1 saturated heterocycles. The topological polar surface area (TPSA) is 15.3 Å². The van der Waals surface area contributed by atoms with Gasteiger partial charge in [-0.15, -0.1) is 0 Å². The molecule has 2 rings (SSSR count). The van der Waals surface area contributed by atoms with Crippen LogP contribution in [-0.2, 0) is 6.18 Å². The van der Waals surface area contributed by atoms with E-state index < -0.39 is 11.7 Å². The summed E-state index contributed by atoms with van der Waals surface area (Å²) in [4.78, 5) is 1.80. The minimum Gasteiger partial charge on any atom is -0.368 e. The van der Waals surface area contributed by atoms with Crippen molar-refractivity contribution < 1.29 is 13.2 Å². The molecule has 112 valence electrons. The maximum absolute atomic E-state index is 13.1. The summed E-state index contributed by atoms with van der Waals surface area (Å²) in [5, 5.41) is 3.45. The monoisotopic (exact) mass is 306 g/mol. The molecular formula is C14H18ClF3N2. The number of halogens is 4. The van der Waals surface area contributed by atoms with Crippen molar-refractivity contribution in [2.45, 2.75) is 32.0 Å². The third-order valence-corrected chi connectivity index (χ3v) is 3.73. The van der Waals surface area contributed by atoms with Gasteiger partial charge in [-0.1, -0.05) is 24.9 Å². The Labute approximate surface area is 121 Å². The van der Waals surface area contributed by atoms with E-state index in [1.807, 2.05) is 0 Å². The van der Waals surface area contributed by atoms with Crippen molar-refractivity contribution in [1.29, 1.82) is 0 Å². The van der Waals surface area contributed by atoms with Gasteiger partial charge in [0.25, 0.3) is 0 Å². The summed E-state index contributed by atoms with van der Waals surface area (Å²) in [6.45, 7) is 3.94. The third kappa shape index (κ3) is 3.58. The van der Waals surface area contributed by atoms with Crippen LogP contribution in [0.3, 0.4) is 0 Å². The van der Waals surface area contributed by atoms with Crippen molar-refractivity contribution in [3.05, 3.63) is 28.8 Å². The largest absolute Gasteiger partial charge is 0.418 e. The molecule has 1 aromatic rings. The van der Waals surface area contributed by atoms with E-state index >= 15 is 0 Å². The van der Waals surface area contributed by atoms with Gasteiger partial charge in [0.1, 0.15) is 0 Å². The lowest BCUT2D eigenvalue weighted by Crippen LogP contribution is -2.51. The molecule has 6 heteroatoms. The summed E-state index contributed by atoms with van der Waals surface area (Å²) in [5.41, 5.74) is -0.424. The second-order valence-electron chi connectivity index (χ2n) is 5.04. The van der Waals surface area contributed by atoms with Gasteiger partial charge in [0.05, 0.1) is 5.56 Å². The zero-order chi connectivity index (χ0) is 14.8. The Bertz CT molecular complexity index is 460. The average Bonchev–Trinajstić information content (AvgIpc) is 2.38. The number of hydrogen-bond acceptors (Lipinski definition) is 2. The minimum absolute atomic E-state index is 0.112. The van der Waals surface area contributed by atoms with Crippen LogP contribution < -0.4 is 10.2 Å². The second-order valence-corrected chi connectivity index (χ2v) is 5.48. The lowest BCUT2D eigenvalue weighted by Gasteiger charge is -2.36. The number of piperazine rings is 1. The lowest BCUT2D eigenvalue weighted by atomic mass is 10.1. The molecule has 1 aliphatic rings. The van der Waals surface area contributed by atoms with Gasteiger partial charge in [-0.3, -0.25) is 0 Å². The fraction of sp³-hybridized carbons (Fsp3) is 0.571. The molecule has 0 amide bonds. The predicted molar refractivity (Wildman–Crippen MR) is 75.4 cm³/mol. The van der Waals surface area contributed by atoms with Crippen molar-refractivity contribution in [2.24, 2.45) is 0 Å². The maximum Gasteiger partial charge on any atom is 0.418 e. The molecule has 2 nitrogen and oxygen atoms in total. The van der Waals surface area contributed by atoms with E-state index in [0.717, 1.165) is 18.9 Å². The van der Waals surface area contributed by atoms with Crippen LogP contribution in [0, 0.1) is 0 Å². The van der Waals surface area contributed by atoms with Crippen LogP contribution in [0.5, 0.6) is 0 Å². The van der Waals surface area contributed by atoms with E-state index in [1.165, 1.54) is 12.1 Å². The molecule has 1 heterocycles. The molecule has 1 aliphatic heterocycles. The summed E-state index contributed by atoms with van der Waals surface area (Å²) < 4.78 is 39.4. The van der Waals surface area contributed by atoms with Gasteiger partial charge in [0, 0.05) is 36.4 Å². The Morgan fingerprint density at radius 2 is 2.15 bits per heavy atom. The Hall–Kier alpha value is -0.940. The molecule has 0 saturated carbocycles. The number of hydrogen-bond donors (Lipinski definition) is 1. The van der Waals surface area contributed by atoms with Crippen molar-refractivity contribution in [2.75, 3.05) is 24.5 Å². The van der Waals surface area contributed by atoms with Gasteiger partial charge in [0.2, 0.25) is 0 Å². The zero-order valence-electron chi connectivity index (χ0n) is 11.3. The fourth-order valence-corrected chi connectivity index (χ4v) is 2.77. The second kappa shape index (κ2) is 6.22. The fourth-order valence-electron chi connectivity index (χ4n) is 2.60. The minimum atomic E-state index is -4.38. The zero-order valence-corrected chi connectivity index (χ0v) is 12.1. The lowest BCUT2D eigenvalue weighted by molar-refractivity contribution is -0.137. The van der Waals surface area contributed by atoms with Crippen LogP contribution >= 0.6 is 11.6 Å². The average molecular weight is 307 g/mol. The molecule has 1 fully saturated rings. The van der Waals surface area contributed by atoms with Crippen molar-refractivity contribution in [1.82, 2.24) is 5.32 Å². The van der Waals surface area contributed by atoms with Crippen LogP contribution in [0.4, 0.5) is 18.9 Å². The molecule has 0 aliphatic carbocycles. The molecule has 1 atom stereocenters. The highest BCUT2D eigenvalue weighted by atomic mass is 35.5. The Morgan fingerprint density at radius 1 is 1.40 bits per heavy atom. The van der Waals surface area contributed by atoms with Crippen molar-refractivity contribution in [3.63, 3.8) is 0 Å². The van der Waals surface area contributed by atoms with E-state index in [4.69, 9.17) is 11.6 Å². The van der Waals surface area contributed by atoms with E-state index in [0.29, 0.717) is 19.6 Å². The number of rotatable bonds is 3. The molecule has 0 bridgehead atoms. The Morgan fingerprint density at radius 3 is 2.80 bits per heavy atom.